The highest BCUT2D eigenvalue weighted by Gasteiger charge is 2.26. The first-order valence-electron chi connectivity index (χ1n) is 7.41. The summed E-state index contributed by atoms with van der Waals surface area (Å²) in [5, 5.41) is 7.12. The molecule has 3 heterocycles. The highest BCUT2D eigenvalue weighted by molar-refractivity contribution is 5.87. The Bertz CT molecular complexity index is 695. The highest BCUT2D eigenvalue weighted by atomic mass is 16.1. The minimum absolute atomic E-state index is 0.107. The minimum atomic E-state index is -0.107. The Balaban J connectivity index is 1.73. The van der Waals surface area contributed by atoms with Gasteiger partial charge in [-0.25, -0.2) is 4.98 Å². The number of carbonyl (C=O) groups is 1. The van der Waals surface area contributed by atoms with Gasteiger partial charge in [0, 0.05) is 38.5 Å². The van der Waals surface area contributed by atoms with Crippen molar-refractivity contribution in [3.63, 3.8) is 0 Å². The summed E-state index contributed by atoms with van der Waals surface area (Å²) < 4.78 is 1.92. The summed E-state index contributed by atoms with van der Waals surface area (Å²) in [7, 11) is 0. The van der Waals surface area contributed by atoms with Gasteiger partial charge in [0.25, 0.3) is 0 Å². The number of aromatic nitrogens is 4. The monoisotopic (exact) mass is 300 g/mol. The summed E-state index contributed by atoms with van der Waals surface area (Å²) >= 11 is 0. The van der Waals surface area contributed by atoms with Crippen molar-refractivity contribution in [2.24, 2.45) is 0 Å². The molecule has 0 bridgehead atoms. The third-order valence-electron chi connectivity index (χ3n) is 3.80. The Hall–Kier alpha value is -2.44. The number of nitrogens with one attached hydrogen (secondary N) is 1. The molecule has 1 amide bonds. The molecular weight excluding hydrogens is 280 g/mol. The van der Waals surface area contributed by atoms with Crippen LogP contribution < -0.4 is 10.2 Å². The van der Waals surface area contributed by atoms with E-state index in [0.29, 0.717) is 5.82 Å². The molecule has 0 spiro atoms. The van der Waals surface area contributed by atoms with Crippen molar-refractivity contribution in [3.8, 4) is 0 Å². The molecule has 116 valence electrons. The average molecular weight is 300 g/mol. The number of anilines is 2. The van der Waals surface area contributed by atoms with E-state index in [0.717, 1.165) is 36.7 Å². The Morgan fingerprint density at radius 3 is 3.00 bits per heavy atom. The molecule has 1 N–H and O–H groups in total. The Kier molecular flexibility index (Phi) is 3.79. The second kappa shape index (κ2) is 5.75. The van der Waals surface area contributed by atoms with Gasteiger partial charge in [-0.1, -0.05) is 0 Å². The van der Waals surface area contributed by atoms with Crippen LogP contribution in [0.3, 0.4) is 0 Å². The van der Waals surface area contributed by atoms with Crippen LogP contribution in [0.4, 0.5) is 11.6 Å². The van der Waals surface area contributed by atoms with Crippen LogP contribution >= 0.6 is 0 Å². The lowest BCUT2D eigenvalue weighted by atomic mass is 10.3. The van der Waals surface area contributed by atoms with Gasteiger partial charge >= 0.3 is 0 Å². The first kappa shape index (κ1) is 14.5. The van der Waals surface area contributed by atoms with E-state index in [2.05, 4.69) is 25.3 Å². The Labute approximate surface area is 129 Å². The molecule has 3 rings (SSSR count). The fourth-order valence-electron chi connectivity index (χ4n) is 2.76. The first-order valence-corrected chi connectivity index (χ1v) is 7.41. The molecule has 1 aliphatic rings. The Morgan fingerprint density at radius 2 is 2.23 bits per heavy atom. The lowest BCUT2D eigenvalue weighted by Gasteiger charge is -2.19. The third kappa shape index (κ3) is 2.93. The summed E-state index contributed by atoms with van der Waals surface area (Å²) in [6.07, 6.45) is 4.70. The summed E-state index contributed by atoms with van der Waals surface area (Å²) in [4.78, 5) is 22.3. The number of nitrogens with zero attached hydrogens (tertiary/aromatic N) is 5. The van der Waals surface area contributed by atoms with E-state index in [1.54, 1.807) is 6.20 Å². The van der Waals surface area contributed by atoms with Crippen LogP contribution in [0.25, 0.3) is 0 Å². The van der Waals surface area contributed by atoms with Crippen molar-refractivity contribution >= 4 is 17.5 Å². The van der Waals surface area contributed by atoms with Crippen molar-refractivity contribution in [1.82, 2.24) is 19.7 Å². The number of carbonyl (C=O) groups excluding carboxylic acids is 1. The normalized spacial score (nSPS) is 17.8. The van der Waals surface area contributed by atoms with Crippen molar-refractivity contribution in [2.45, 2.75) is 33.2 Å². The fourth-order valence-corrected chi connectivity index (χ4v) is 2.76. The summed E-state index contributed by atoms with van der Waals surface area (Å²) in [6.45, 7) is 7.20. The van der Waals surface area contributed by atoms with Crippen molar-refractivity contribution in [1.29, 1.82) is 0 Å². The second-order valence-corrected chi connectivity index (χ2v) is 5.67. The van der Waals surface area contributed by atoms with Gasteiger partial charge < -0.3 is 10.2 Å². The number of amides is 1. The lowest BCUT2D eigenvalue weighted by Crippen LogP contribution is -2.23. The summed E-state index contributed by atoms with van der Waals surface area (Å²) in [5.41, 5.74) is 1.88. The van der Waals surface area contributed by atoms with E-state index in [4.69, 9.17) is 0 Å². The van der Waals surface area contributed by atoms with E-state index in [1.165, 1.54) is 6.92 Å². The quantitative estimate of drug-likeness (QED) is 0.933. The molecule has 0 aromatic carbocycles. The lowest BCUT2D eigenvalue weighted by molar-refractivity contribution is -0.114. The zero-order valence-electron chi connectivity index (χ0n) is 13.1. The molecule has 0 saturated carbocycles. The third-order valence-corrected chi connectivity index (χ3v) is 3.80. The largest absolute Gasteiger partial charge is 0.353 e. The molecule has 7 nitrogen and oxygen atoms in total. The van der Waals surface area contributed by atoms with Crippen LogP contribution in [0.2, 0.25) is 0 Å². The number of hydrogen-bond acceptors (Lipinski definition) is 5. The van der Waals surface area contributed by atoms with Crippen LogP contribution in [0.5, 0.6) is 0 Å². The van der Waals surface area contributed by atoms with Gasteiger partial charge in [-0.15, -0.1) is 0 Å². The summed E-state index contributed by atoms with van der Waals surface area (Å²) in [5.74, 6) is 1.44. The molecular formula is C15H20N6O. The highest BCUT2D eigenvalue weighted by Crippen LogP contribution is 2.27. The van der Waals surface area contributed by atoms with Crippen LogP contribution in [0.1, 0.15) is 30.8 Å². The smallest absolute Gasteiger partial charge is 0.222 e. The van der Waals surface area contributed by atoms with Gasteiger partial charge in [0.05, 0.1) is 17.4 Å². The fraction of sp³-hybridized carbons (Fsp3) is 0.467. The minimum Gasteiger partial charge on any atom is -0.353 e. The van der Waals surface area contributed by atoms with Gasteiger partial charge in [-0.05, 0) is 20.3 Å². The number of hydrogen-bond donors (Lipinski definition) is 1. The van der Waals surface area contributed by atoms with Crippen molar-refractivity contribution < 1.29 is 4.79 Å². The van der Waals surface area contributed by atoms with Gasteiger partial charge in [0.2, 0.25) is 5.91 Å². The molecule has 22 heavy (non-hydrogen) atoms. The van der Waals surface area contributed by atoms with Crippen LogP contribution in [-0.2, 0) is 4.79 Å². The topological polar surface area (TPSA) is 75.9 Å². The average Bonchev–Trinajstić information content (AvgIpc) is 3.09. The van der Waals surface area contributed by atoms with E-state index in [-0.39, 0.29) is 11.9 Å². The van der Waals surface area contributed by atoms with Crippen molar-refractivity contribution in [3.05, 3.63) is 29.8 Å². The van der Waals surface area contributed by atoms with Crippen LogP contribution in [0.15, 0.2) is 18.5 Å². The molecule has 2 aromatic heterocycles. The van der Waals surface area contributed by atoms with E-state index < -0.39 is 0 Å². The Morgan fingerprint density at radius 1 is 1.41 bits per heavy atom. The zero-order chi connectivity index (χ0) is 15.7. The predicted octanol–water partition coefficient (Wildman–Crippen LogP) is 1.70. The van der Waals surface area contributed by atoms with E-state index >= 15 is 0 Å². The first-order chi connectivity index (χ1) is 10.5. The summed E-state index contributed by atoms with van der Waals surface area (Å²) in [6, 6.07) is 2.10. The SMILES string of the molecule is CC(=O)Nc1ccn([C@H]2CCN(c3nc(C)cnc3C)C2)n1. The van der Waals surface area contributed by atoms with Gasteiger partial charge in [-0.2, -0.15) is 5.10 Å². The van der Waals surface area contributed by atoms with Crippen LogP contribution in [0, 0.1) is 13.8 Å². The predicted molar refractivity (Wildman–Crippen MR) is 83.9 cm³/mol. The molecule has 2 aromatic rings. The van der Waals surface area contributed by atoms with Gasteiger partial charge in [0.1, 0.15) is 5.82 Å². The van der Waals surface area contributed by atoms with Crippen molar-refractivity contribution in [2.75, 3.05) is 23.3 Å². The maximum atomic E-state index is 11.1. The van der Waals surface area contributed by atoms with E-state index in [1.807, 2.05) is 30.8 Å². The second-order valence-electron chi connectivity index (χ2n) is 5.67. The van der Waals surface area contributed by atoms with Crippen LogP contribution in [-0.4, -0.2) is 38.7 Å². The molecule has 0 unspecified atom stereocenters. The molecule has 7 heteroatoms. The molecule has 1 atom stereocenters. The number of aryl methyl sites for hydroxylation is 2. The van der Waals surface area contributed by atoms with Gasteiger partial charge in [-0.3, -0.25) is 14.5 Å². The molecule has 1 saturated heterocycles. The molecule has 1 fully saturated rings. The molecule has 1 aliphatic heterocycles. The van der Waals surface area contributed by atoms with E-state index in [9.17, 15) is 4.79 Å². The number of rotatable bonds is 3. The zero-order valence-corrected chi connectivity index (χ0v) is 13.1. The maximum absolute atomic E-state index is 11.1. The standard InChI is InChI=1S/C15H20N6O/c1-10-8-16-11(2)15(17-10)20-6-4-13(9-20)21-7-5-14(19-21)18-12(3)22/h5,7-8,13H,4,6,9H2,1-3H3,(H,18,19,22)/t13-/m0/s1. The van der Waals surface area contributed by atoms with Gasteiger partial charge in [0.15, 0.2) is 5.82 Å². The molecule has 0 aliphatic carbocycles. The molecule has 0 radical (unpaired) electrons. The maximum Gasteiger partial charge on any atom is 0.222 e.